The Bertz CT molecular complexity index is 45.8. The highest BCUT2D eigenvalue weighted by Crippen LogP contribution is 1.98. The number of unbranched alkanes of at least 4 members (excludes halogenated alkanes) is 1. The third-order valence-electron chi connectivity index (χ3n) is 1.07. The Balaban J connectivity index is 2.86. The molecule has 0 aromatic heterocycles. The van der Waals surface area contributed by atoms with Gasteiger partial charge in [0.1, 0.15) is 12.7 Å². The summed E-state index contributed by atoms with van der Waals surface area (Å²) >= 11 is 0. The van der Waals surface area contributed by atoms with Gasteiger partial charge in [0.05, 0.1) is 0 Å². The Morgan fingerprint density at radius 2 is 2.12 bits per heavy atom. The lowest BCUT2D eigenvalue weighted by atomic mass is 10.2. The molecule has 0 bridgehead atoms. The van der Waals surface area contributed by atoms with Crippen molar-refractivity contribution < 1.29 is 10.2 Å². The zero-order valence-electron chi connectivity index (χ0n) is 5.22. The van der Waals surface area contributed by atoms with Gasteiger partial charge in [-0.2, -0.15) is 0 Å². The van der Waals surface area contributed by atoms with E-state index >= 15 is 0 Å². The topological polar surface area (TPSA) is 39.8 Å². The molecule has 0 aliphatic carbocycles. The highest BCUT2D eigenvalue weighted by Gasteiger charge is 2.01. The SMILES string of the molecule is CCCCC([O])C[O]. The molecular weight excluding hydrogens is 104 g/mol. The normalized spacial score (nSPS) is 13.9. The summed E-state index contributed by atoms with van der Waals surface area (Å²) < 4.78 is 0. The molecule has 0 aromatic carbocycles. The van der Waals surface area contributed by atoms with E-state index in [9.17, 15) is 10.2 Å². The van der Waals surface area contributed by atoms with E-state index in [1.807, 2.05) is 6.92 Å². The molecule has 0 rings (SSSR count). The summed E-state index contributed by atoms with van der Waals surface area (Å²) in [6, 6.07) is 0. The monoisotopic (exact) mass is 116 g/mol. The van der Waals surface area contributed by atoms with Gasteiger partial charge < -0.3 is 0 Å². The van der Waals surface area contributed by atoms with Gasteiger partial charge in [0.2, 0.25) is 0 Å². The van der Waals surface area contributed by atoms with E-state index in [1.165, 1.54) is 0 Å². The lowest BCUT2D eigenvalue weighted by Gasteiger charge is -1.98. The predicted molar refractivity (Wildman–Crippen MR) is 29.6 cm³/mol. The van der Waals surface area contributed by atoms with Crippen LogP contribution >= 0.6 is 0 Å². The average molecular weight is 116 g/mol. The molecule has 0 aliphatic rings. The highest BCUT2D eigenvalue weighted by atomic mass is 16.3. The maximum atomic E-state index is 10.3. The van der Waals surface area contributed by atoms with Crippen molar-refractivity contribution in [2.24, 2.45) is 0 Å². The first-order chi connectivity index (χ1) is 3.81. The van der Waals surface area contributed by atoms with Gasteiger partial charge in [-0.1, -0.05) is 19.8 Å². The minimum absolute atomic E-state index is 0.458. The number of hydrogen-bond donors (Lipinski definition) is 0. The van der Waals surface area contributed by atoms with Gasteiger partial charge in [-0.3, -0.25) is 0 Å². The molecule has 0 heterocycles. The molecule has 0 fully saturated rings. The van der Waals surface area contributed by atoms with Crippen LogP contribution in [0, 0.1) is 0 Å². The van der Waals surface area contributed by atoms with Gasteiger partial charge in [-0.15, -0.1) is 0 Å². The van der Waals surface area contributed by atoms with Crippen molar-refractivity contribution in [3.63, 3.8) is 0 Å². The quantitative estimate of drug-likeness (QED) is 0.532. The van der Waals surface area contributed by atoms with Crippen LogP contribution in [0.3, 0.4) is 0 Å². The van der Waals surface area contributed by atoms with Crippen molar-refractivity contribution >= 4 is 0 Å². The minimum atomic E-state index is -0.852. The Hall–Kier alpha value is -0.0800. The van der Waals surface area contributed by atoms with Crippen molar-refractivity contribution in [2.45, 2.75) is 32.3 Å². The van der Waals surface area contributed by atoms with Gasteiger partial charge in [0, 0.05) is 0 Å². The second-order valence-corrected chi connectivity index (χ2v) is 1.93. The van der Waals surface area contributed by atoms with E-state index in [1.54, 1.807) is 0 Å². The summed E-state index contributed by atoms with van der Waals surface area (Å²) in [5, 5.41) is 20.2. The summed E-state index contributed by atoms with van der Waals surface area (Å²) in [5.74, 6) is 0. The first-order valence-electron chi connectivity index (χ1n) is 3.05. The van der Waals surface area contributed by atoms with Crippen molar-refractivity contribution in [3.8, 4) is 0 Å². The van der Waals surface area contributed by atoms with Crippen LogP contribution in [-0.4, -0.2) is 12.7 Å². The van der Waals surface area contributed by atoms with E-state index in [4.69, 9.17) is 0 Å². The van der Waals surface area contributed by atoms with Crippen LogP contribution in [0.15, 0.2) is 0 Å². The maximum Gasteiger partial charge on any atom is 0.119 e. The third kappa shape index (κ3) is 4.09. The van der Waals surface area contributed by atoms with Crippen LogP contribution in [0.25, 0.3) is 0 Å². The van der Waals surface area contributed by atoms with Crippen molar-refractivity contribution in [2.75, 3.05) is 6.61 Å². The summed E-state index contributed by atoms with van der Waals surface area (Å²) in [6.07, 6.45) is 1.62. The molecule has 0 saturated carbocycles. The second kappa shape index (κ2) is 5.06. The van der Waals surface area contributed by atoms with Crippen LogP contribution in [0.2, 0.25) is 0 Å². The molecule has 48 valence electrons. The zero-order chi connectivity index (χ0) is 6.41. The fraction of sp³-hybridized carbons (Fsp3) is 1.00. The predicted octanol–water partition coefficient (Wildman–Crippen LogP) is 1.41. The first-order valence-corrected chi connectivity index (χ1v) is 3.05. The van der Waals surface area contributed by atoms with E-state index in [0.717, 1.165) is 12.8 Å². The molecule has 0 aromatic rings. The van der Waals surface area contributed by atoms with Crippen molar-refractivity contribution in [1.29, 1.82) is 0 Å². The van der Waals surface area contributed by atoms with Gasteiger partial charge >= 0.3 is 0 Å². The highest BCUT2D eigenvalue weighted by molar-refractivity contribution is 4.49. The van der Waals surface area contributed by atoms with Crippen LogP contribution in [0.5, 0.6) is 0 Å². The lowest BCUT2D eigenvalue weighted by molar-refractivity contribution is 0.00146. The van der Waals surface area contributed by atoms with Gasteiger partial charge in [-0.05, 0) is 6.42 Å². The molecule has 0 amide bonds. The first kappa shape index (κ1) is 7.92. The van der Waals surface area contributed by atoms with Crippen LogP contribution < -0.4 is 0 Å². The Morgan fingerprint density at radius 1 is 1.50 bits per heavy atom. The average Bonchev–Trinajstić information content (AvgIpc) is 1.83. The number of hydrogen-bond acceptors (Lipinski definition) is 0. The fourth-order valence-corrected chi connectivity index (χ4v) is 0.515. The van der Waals surface area contributed by atoms with E-state index in [2.05, 4.69) is 0 Å². The number of rotatable bonds is 4. The van der Waals surface area contributed by atoms with Crippen LogP contribution in [0.4, 0.5) is 0 Å². The van der Waals surface area contributed by atoms with Crippen molar-refractivity contribution in [3.05, 3.63) is 0 Å². The van der Waals surface area contributed by atoms with Gasteiger partial charge in [-0.25, -0.2) is 10.2 Å². The smallest absolute Gasteiger partial charge is 0.119 e. The fourth-order valence-electron chi connectivity index (χ4n) is 0.515. The molecule has 0 N–H and O–H groups in total. The van der Waals surface area contributed by atoms with E-state index < -0.39 is 12.7 Å². The Kier molecular flexibility index (Phi) is 5.01. The largest absolute Gasteiger partial charge is 0.234 e. The molecule has 8 heavy (non-hydrogen) atoms. The molecule has 2 radical (unpaired) electrons. The standard InChI is InChI=1S/C6H12O2/c1-2-3-4-6(8)5-7/h6H,2-5H2,1H3. The van der Waals surface area contributed by atoms with Gasteiger partial charge in [0.25, 0.3) is 0 Å². The van der Waals surface area contributed by atoms with Gasteiger partial charge in [0.15, 0.2) is 0 Å². The van der Waals surface area contributed by atoms with E-state index in [0.29, 0.717) is 6.42 Å². The third-order valence-corrected chi connectivity index (χ3v) is 1.07. The summed E-state index contributed by atoms with van der Waals surface area (Å²) in [7, 11) is 0. The molecule has 2 heteroatoms. The molecule has 1 atom stereocenters. The van der Waals surface area contributed by atoms with Crippen molar-refractivity contribution in [1.82, 2.24) is 0 Å². The molecule has 0 saturated heterocycles. The molecule has 1 unspecified atom stereocenters. The lowest BCUT2D eigenvalue weighted by Crippen LogP contribution is -2.07. The summed E-state index contributed by atoms with van der Waals surface area (Å²) in [6.45, 7) is 1.55. The summed E-state index contributed by atoms with van der Waals surface area (Å²) in [5.41, 5.74) is 0. The maximum absolute atomic E-state index is 10.3. The van der Waals surface area contributed by atoms with Crippen LogP contribution in [0.1, 0.15) is 26.2 Å². The molecular formula is C6H12O2. The Labute approximate surface area is 50.2 Å². The molecule has 0 spiro atoms. The second-order valence-electron chi connectivity index (χ2n) is 1.93. The van der Waals surface area contributed by atoms with E-state index in [-0.39, 0.29) is 0 Å². The molecule has 2 nitrogen and oxygen atoms in total. The Morgan fingerprint density at radius 3 is 2.50 bits per heavy atom. The molecule has 0 aliphatic heterocycles. The minimum Gasteiger partial charge on any atom is -0.234 e. The zero-order valence-corrected chi connectivity index (χ0v) is 5.22. The van der Waals surface area contributed by atoms with Crippen LogP contribution in [-0.2, 0) is 10.2 Å². The summed E-state index contributed by atoms with van der Waals surface area (Å²) in [4.78, 5) is 0.